The first-order valence-corrected chi connectivity index (χ1v) is 9.44. The third-order valence-electron chi connectivity index (χ3n) is 4.30. The van der Waals surface area contributed by atoms with Crippen molar-refractivity contribution in [2.75, 3.05) is 26.7 Å². The van der Waals surface area contributed by atoms with Gasteiger partial charge < -0.3 is 20.3 Å². The first kappa shape index (κ1) is 24.5. The van der Waals surface area contributed by atoms with E-state index in [2.05, 4.69) is 15.6 Å². The first-order chi connectivity index (χ1) is 12.8. The number of nitrogens with zero attached hydrogens (tertiary/aromatic N) is 2. The molecule has 2 N–H and O–H groups in total. The molecule has 8 heteroatoms. The van der Waals surface area contributed by atoms with Gasteiger partial charge in [-0.2, -0.15) is 0 Å². The average molecular weight is 506 g/mol. The van der Waals surface area contributed by atoms with E-state index in [0.717, 1.165) is 24.9 Å². The highest BCUT2D eigenvalue weighted by atomic mass is 127. The van der Waals surface area contributed by atoms with Crippen molar-refractivity contribution < 1.29 is 13.9 Å². The summed E-state index contributed by atoms with van der Waals surface area (Å²) >= 11 is 0. The number of carbonyl (C=O) groups is 1. The average Bonchev–Trinajstić information content (AvgIpc) is 2.61. The number of benzene rings is 1. The molecule has 0 radical (unpaired) electrons. The van der Waals surface area contributed by atoms with Gasteiger partial charge in [-0.3, -0.25) is 4.99 Å². The second-order valence-electron chi connectivity index (χ2n) is 7.87. The predicted octanol–water partition coefficient (Wildman–Crippen LogP) is 3.76. The summed E-state index contributed by atoms with van der Waals surface area (Å²) in [7, 11) is 1.70. The Morgan fingerprint density at radius 3 is 2.75 bits per heavy atom. The molecule has 6 nitrogen and oxygen atoms in total. The molecule has 1 unspecified atom stereocenters. The van der Waals surface area contributed by atoms with E-state index in [0.29, 0.717) is 31.5 Å². The minimum atomic E-state index is -0.481. The number of amides is 1. The zero-order valence-corrected chi connectivity index (χ0v) is 19.5. The molecule has 2 rings (SSSR count). The van der Waals surface area contributed by atoms with Crippen molar-refractivity contribution in [3.8, 4) is 0 Å². The normalized spacial score (nSPS) is 17.5. The molecule has 1 aromatic rings. The van der Waals surface area contributed by atoms with Gasteiger partial charge in [-0.25, -0.2) is 9.18 Å². The molecule has 1 fully saturated rings. The maximum absolute atomic E-state index is 13.3. The number of likely N-dealkylation sites (tertiary alicyclic amines) is 1. The molecule has 0 bridgehead atoms. The Labute approximate surface area is 184 Å². The van der Waals surface area contributed by atoms with Crippen molar-refractivity contribution in [2.45, 2.75) is 45.8 Å². The number of hydrogen-bond donors (Lipinski definition) is 2. The van der Waals surface area contributed by atoms with Crippen molar-refractivity contribution in [3.63, 3.8) is 0 Å². The van der Waals surface area contributed by atoms with Gasteiger partial charge in [0, 0.05) is 33.2 Å². The summed E-state index contributed by atoms with van der Waals surface area (Å²) < 4.78 is 18.7. The molecule has 1 amide bonds. The van der Waals surface area contributed by atoms with Crippen LogP contribution < -0.4 is 10.6 Å². The summed E-state index contributed by atoms with van der Waals surface area (Å²) in [6.07, 6.45) is 1.76. The number of halogens is 2. The van der Waals surface area contributed by atoms with Crippen LogP contribution in [0.5, 0.6) is 0 Å². The molecule has 1 heterocycles. The highest BCUT2D eigenvalue weighted by molar-refractivity contribution is 14.0. The number of rotatable bonds is 4. The summed E-state index contributed by atoms with van der Waals surface area (Å²) in [5, 5.41) is 6.48. The van der Waals surface area contributed by atoms with E-state index in [1.165, 1.54) is 12.1 Å². The molecule has 1 atom stereocenters. The minimum Gasteiger partial charge on any atom is -0.444 e. The zero-order valence-electron chi connectivity index (χ0n) is 17.1. The number of carbonyl (C=O) groups excluding carboxylic acids is 1. The smallest absolute Gasteiger partial charge is 0.410 e. The topological polar surface area (TPSA) is 66.0 Å². The van der Waals surface area contributed by atoms with Crippen LogP contribution in [0.3, 0.4) is 0 Å². The molecular formula is C20H32FIN4O2. The molecule has 0 spiro atoms. The van der Waals surface area contributed by atoms with Gasteiger partial charge in [0.15, 0.2) is 5.96 Å². The summed E-state index contributed by atoms with van der Waals surface area (Å²) in [4.78, 5) is 18.2. The summed E-state index contributed by atoms with van der Waals surface area (Å²) in [5.41, 5.74) is 0.372. The fourth-order valence-electron chi connectivity index (χ4n) is 3.02. The standard InChI is InChI=1S/C20H31FN4O2.HI/c1-20(2,3)27-19(26)25-10-6-8-16(14-25)13-24-18(22-4)23-12-15-7-5-9-17(21)11-15;/h5,7,9,11,16H,6,8,10,12-14H2,1-4H3,(H2,22,23,24);1H. The van der Waals surface area contributed by atoms with E-state index in [9.17, 15) is 9.18 Å². The molecular weight excluding hydrogens is 474 g/mol. The van der Waals surface area contributed by atoms with Crippen molar-refractivity contribution in [1.82, 2.24) is 15.5 Å². The number of guanidine groups is 1. The highest BCUT2D eigenvalue weighted by Crippen LogP contribution is 2.18. The summed E-state index contributed by atoms with van der Waals surface area (Å²) in [6.45, 7) is 8.24. The molecule has 0 aliphatic carbocycles. The third-order valence-corrected chi connectivity index (χ3v) is 4.30. The van der Waals surface area contributed by atoms with Gasteiger partial charge in [-0.05, 0) is 57.2 Å². The Morgan fingerprint density at radius 1 is 1.36 bits per heavy atom. The lowest BCUT2D eigenvalue weighted by molar-refractivity contribution is 0.0168. The number of nitrogens with one attached hydrogen (secondary N) is 2. The monoisotopic (exact) mass is 506 g/mol. The molecule has 1 aromatic carbocycles. The first-order valence-electron chi connectivity index (χ1n) is 9.44. The lowest BCUT2D eigenvalue weighted by atomic mass is 9.98. The number of piperidine rings is 1. The van der Waals surface area contributed by atoms with Gasteiger partial charge in [0.2, 0.25) is 0 Å². The molecule has 0 aromatic heterocycles. The summed E-state index contributed by atoms with van der Waals surface area (Å²) in [6, 6.07) is 6.48. The van der Waals surface area contributed by atoms with E-state index >= 15 is 0 Å². The van der Waals surface area contributed by atoms with Crippen molar-refractivity contribution in [2.24, 2.45) is 10.9 Å². The van der Waals surface area contributed by atoms with E-state index < -0.39 is 5.60 Å². The van der Waals surface area contributed by atoms with Crippen LogP contribution in [0, 0.1) is 11.7 Å². The van der Waals surface area contributed by atoms with Crippen LogP contribution in [0.2, 0.25) is 0 Å². The quantitative estimate of drug-likeness (QED) is 0.371. The van der Waals surface area contributed by atoms with Crippen LogP contribution in [0.15, 0.2) is 29.3 Å². The number of hydrogen-bond acceptors (Lipinski definition) is 3. The van der Waals surface area contributed by atoms with Crippen molar-refractivity contribution in [1.29, 1.82) is 0 Å². The maximum atomic E-state index is 13.3. The minimum absolute atomic E-state index is 0. The Bertz CT molecular complexity index is 664. The SMILES string of the molecule is CN=C(NCc1cccc(F)c1)NCC1CCCN(C(=O)OC(C)(C)C)C1.I. The fourth-order valence-corrected chi connectivity index (χ4v) is 3.02. The molecule has 158 valence electrons. The predicted molar refractivity (Wildman–Crippen MR) is 121 cm³/mol. The molecule has 1 saturated heterocycles. The van der Waals surface area contributed by atoms with Gasteiger partial charge in [-0.15, -0.1) is 24.0 Å². The second kappa shape index (κ2) is 11.4. The maximum Gasteiger partial charge on any atom is 0.410 e. The Kier molecular flexibility index (Phi) is 9.98. The van der Waals surface area contributed by atoms with E-state index in [1.54, 1.807) is 18.0 Å². The second-order valence-corrected chi connectivity index (χ2v) is 7.87. The van der Waals surface area contributed by atoms with Crippen LogP contribution in [-0.2, 0) is 11.3 Å². The van der Waals surface area contributed by atoms with Crippen LogP contribution in [0.4, 0.5) is 9.18 Å². The van der Waals surface area contributed by atoms with E-state index in [-0.39, 0.29) is 35.9 Å². The fraction of sp³-hybridized carbons (Fsp3) is 0.600. The Morgan fingerprint density at radius 2 is 2.11 bits per heavy atom. The van der Waals surface area contributed by atoms with Crippen LogP contribution in [0.1, 0.15) is 39.2 Å². The van der Waals surface area contributed by atoms with Gasteiger partial charge >= 0.3 is 6.09 Å². The van der Waals surface area contributed by atoms with Gasteiger partial charge in [0.25, 0.3) is 0 Å². The van der Waals surface area contributed by atoms with Gasteiger partial charge in [0.1, 0.15) is 11.4 Å². The summed E-state index contributed by atoms with van der Waals surface area (Å²) in [5.74, 6) is 0.745. The Hall–Kier alpha value is -1.58. The van der Waals surface area contributed by atoms with Crippen LogP contribution in [0.25, 0.3) is 0 Å². The molecule has 28 heavy (non-hydrogen) atoms. The molecule has 0 saturated carbocycles. The third kappa shape index (κ3) is 8.62. The van der Waals surface area contributed by atoms with Crippen molar-refractivity contribution >= 4 is 36.0 Å². The Balaban J connectivity index is 0.00000392. The van der Waals surface area contributed by atoms with Crippen molar-refractivity contribution in [3.05, 3.63) is 35.6 Å². The van der Waals surface area contributed by atoms with Gasteiger partial charge in [0.05, 0.1) is 0 Å². The molecule has 1 aliphatic rings. The van der Waals surface area contributed by atoms with E-state index in [1.807, 2.05) is 26.8 Å². The largest absolute Gasteiger partial charge is 0.444 e. The highest BCUT2D eigenvalue weighted by Gasteiger charge is 2.27. The lowest BCUT2D eigenvalue weighted by Gasteiger charge is -2.34. The molecule has 1 aliphatic heterocycles. The number of ether oxygens (including phenoxy) is 1. The zero-order chi connectivity index (χ0) is 19.9. The van der Waals surface area contributed by atoms with Gasteiger partial charge in [-0.1, -0.05) is 12.1 Å². The van der Waals surface area contributed by atoms with Crippen LogP contribution in [-0.4, -0.2) is 49.2 Å². The number of aliphatic imine (C=N–C) groups is 1. The van der Waals surface area contributed by atoms with Crippen LogP contribution >= 0.6 is 24.0 Å². The van der Waals surface area contributed by atoms with E-state index in [4.69, 9.17) is 4.74 Å². The lowest BCUT2D eigenvalue weighted by Crippen LogP contribution is -2.47.